The number of nitrogens with one attached hydrogen (secondary N) is 2. The van der Waals surface area contributed by atoms with Crippen molar-refractivity contribution in [3.05, 3.63) is 36.0 Å². The highest BCUT2D eigenvalue weighted by molar-refractivity contribution is 5.82. The van der Waals surface area contributed by atoms with E-state index in [9.17, 15) is 0 Å². The first-order chi connectivity index (χ1) is 7.81. The van der Waals surface area contributed by atoms with Gasteiger partial charge < -0.3 is 10.3 Å². The normalized spacial score (nSPS) is 12.5. The van der Waals surface area contributed by atoms with E-state index in [-0.39, 0.29) is 0 Å². The topological polar surface area (TPSA) is 27.8 Å². The van der Waals surface area contributed by atoms with E-state index in [4.69, 9.17) is 6.42 Å². The standard InChI is InChI=1S/C14H16N2/c1-3-5-11(2)16-10-13-7-4-6-12-8-9-15-14(12)13/h1,4,6-9,11,15-16H,5,10H2,2H3. The molecule has 82 valence electrons. The number of H-pyrrole nitrogens is 1. The molecule has 0 aliphatic carbocycles. The maximum absolute atomic E-state index is 5.28. The third kappa shape index (κ3) is 2.26. The van der Waals surface area contributed by atoms with E-state index in [0.29, 0.717) is 6.04 Å². The quantitative estimate of drug-likeness (QED) is 0.749. The van der Waals surface area contributed by atoms with E-state index in [1.54, 1.807) is 0 Å². The molecule has 2 N–H and O–H groups in total. The summed E-state index contributed by atoms with van der Waals surface area (Å²) in [6, 6.07) is 8.77. The third-order valence-electron chi connectivity index (χ3n) is 2.74. The van der Waals surface area contributed by atoms with Crippen molar-refractivity contribution in [3.8, 4) is 12.3 Å². The number of terminal acetylenes is 1. The molecule has 2 rings (SSSR count). The van der Waals surface area contributed by atoms with Crippen molar-refractivity contribution in [3.63, 3.8) is 0 Å². The lowest BCUT2D eigenvalue weighted by atomic mass is 10.1. The van der Waals surface area contributed by atoms with E-state index in [2.05, 4.69) is 47.4 Å². The predicted molar refractivity (Wildman–Crippen MR) is 68.1 cm³/mol. The fourth-order valence-corrected chi connectivity index (χ4v) is 1.83. The molecule has 16 heavy (non-hydrogen) atoms. The Balaban J connectivity index is 2.10. The number of hydrogen-bond acceptors (Lipinski definition) is 1. The summed E-state index contributed by atoms with van der Waals surface area (Å²) in [7, 11) is 0. The highest BCUT2D eigenvalue weighted by Gasteiger charge is 2.03. The molecule has 2 heteroatoms. The van der Waals surface area contributed by atoms with Crippen LogP contribution in [0.2, 0.25) is 0 Å². The molecule has 1 aromatic heterocycles. The zero-order chi connectivity index (χ0) is 11.4. The molecule has 1 heterocycles. The fourth-order valence-electron chi connectivity index (χ4n) is 1.83. The Morgan fingerprint density at radius 3 is 3.12 bits per heavy atom. The van der Waals surface area contributed by atoms with Gasteiger partial charge in [0.1, 0.15) is 0 Å². The molecule has 0 saturated heterocycles. The Morgan fingerprint density at radius 1 is 1.44 bits per heavy atom. The van der Waals surface area contributed by atoms with Crippen LogP contribution in [0.4, 0.5) is 0 Å². The van der Waals surface area contributed by atoms with Gasteiger partial charge >= 0.3 is 0 Å². The Morgan fingerprint density at radius 2 is 2.31 bits per heavy atom. The predicted octanol–water partition coefficient (Wildman–Crippen LogP) is 2.67. The Labute approximate surface area is 96.1 Å². The SMILES string of the molecule is C#CCC(C)NCc1cccc2cc[nH]c12. The third-order valence-corrected chi connectivity index (χ3v) is 2.74. The maximum Gasteiger partial charge on any atom is 0.0499 e. The molecule has 1 atom stereocenters. The second-order valence-electron chi connectivity index (χ2n) is 4.05. The van der Waals surface area contributed by atoms with Crippen LogP contribution >= 0.6 is 0 Å². The van der Waals surface area contributed by atoms with Crippen molar-refractivity contribution in [1.29, 1.82) is 0 Å². The summed E-state index contributed by atoms with van der Waals surface area (Å²) in [5, 5.41) is 4.67. The maximum atomic E-state index is 5.28. The largest absolute Gasteiger partial charge is 0.361 e. The molecule has 0 spiro atoms. The lowest BCUT2D eigenvalue weighted by Gasteiger charge is -2.11. The van der Waals surface area contributed by atoms with E-state index in [0.717, 1.165) is 13.0 Å². The minimum atomic E-state index is 0.357. The van der Waals surface area contributed by atoms with Crippen LogP contribution < -0.4 is 5.32 Å². The average Bonchev–Trinajstić information content (AvgIpc) is 2.75. The van der Waals surface area contributed by atoms with Gasteiger partial charge in [0.2, 0.25) is 0 Å². The molecule has 2 nitrogen and oxygen atoms in total. The first kappa shape index (κ1) is 10.8. The van der Waals surface area contributed by atoms with Crippen molar-refractivity contribution < 1.29 is 0 Å². The van der Waals surface area contributed by atoms with E-state index >= 15 is 0 Å². The van der Waals surface area contributed by atoms with Crippen LogP contribution in [0.15, 0.2) is 30.5 Å². The van der Waals surface area contributed by atoms with Gasteiger partial charge in [0.25, 0.3) is 0 Å². The van der Waals surface area contributed by atoms with Crippen molar-refractivity contribution >= 4 is 10.9 Å². The fraction of sp³-hybridized carbons (Fsp3) is 0.286. The molecule has 0 amide bonds. The molecule has 0 bridgehead atoms. The molecule has 0 fully saturated rings. The molecular formula is C14H16N2. The van der Waals surface area contributed by atoms with Gasteiger partial charge in [-0.1, -0.05) is 18.2 Å². The van der Waals surface area contributed by atoms with Gasteiger partial charge in [0.05, 0.1) is 0 Å². The van der Waals surface area contributed by atoms with Gasteiger partial charge in [-0.25, -0.2) is 0 Å². The summed E-state index contributed by atoms with van der Waals surface area (Å²) in [5.41, 5.74) is 2.49. The van der Waals surface area contributed by atoms with Crippen LogP contribution in [0.25, 0.3) is 10.9 Å². The minimum Gasteiger partial charge on any atom is -0.361 e. The number of fused-ring (bicyclic) bond motifs is 1. The number of benzene rings is 1. The summed E-state index contributed by atoms with van der Waals surface area (Å²) >= 11 is 0. The molecule has 0 saturated carbocycles. The summed E-state index contributed by atoms with van der Waals surface area (Å²) in [5.74, 6) is 2.67. The number of rotatable bonds is 4. The Kier molecular flexibility index (Phi) is 3.28. The molecule has 0 aliphatic rings. The van der Waals surface area contributed by atoms with Crippen LogP contribution in [0.1, 0.15) is 18.9 Å². The monoisotopic (exact) mass is 212 g/mol. The van der Waals surface area contributed by atoms with E-state index in [1.165, 1.54) is 16.5 Å². The number of para-hydroxylation sites is 1. The lowest BCUT2D eigenvalue weighted by Crippen LogP contribution is -2.24. The first-order valence-corrected chi connectivity index (χ1v) is 5.53. The summed E-state index contributed by atoms with van der Waals surface area (Å²) in [6.07, 6.45) is 8.01. The Bertz CT molecular complexity index is 505. The van der Waals surface area contributed by atoms with E-state index < -0.39 is 0 Å². The number of aromatic amines is 1. The van der Waals surface area contributed by atoms with Crippen LogP contribution in [0, 0.1) is 12.3 Å². The second-order valence-corrected chi connectivity index (χ2v) is 4.05. The molecule has 0 aliphatic heterocycles. The highest BCUT2D eigenvalue weighted by Crippen LogP contribution is 2.16. The second kappa shape index (κ2) is 4.87. The van der Waals surface area contributed by atoms with Gasteiger partial charge in [0.15, 0.2) is 0 Å². The molecule has 1 unspecified atom stereocenters. The smallest absolute Gasteiger partial charge is 0.0499 e. The summed E-state index contributed by atoms with van der Waals surface area (Å²) in [6.45, 7) is 2.95. The number of aromatic nitrogens is 1. The zero-order valence-electron chi connectivity index (χ0n) is 9.46. The van der Waals surface area contributed by atoms with Gasteiger partial charge in [-0.2, -0.15) is 0 Å². The van der Waals surface area contributed by atoms with Crippen molar-refractivity contribution in [2.45, 2.75) is 25.9 Å². The summed E-state index contributed by atoms with van der Waals surface area (Å²) in [4.78, 5) is 3.26. The van der Waals surface area contributed by atoms with Crippen molar-refractivity contribution in [2.24, 2.45) is 0 Å². The van der Waals surface area contributed by atoms with Gasteiger partial charge in [-0.15, -0.1) is 12.3 Å². The zero-order valence-corrected chi connectivity index (χ0v) is 9.46. The first-order valence-electron chi connectivity index (χ1n) is 5.53. The average molecular weight is 212 g/mol. The van der Waals surface area contributed by atoms with Crippen LogP contribution in [0.5, 0.6) is 0 Å². The van der Waals surface area contributed by atoms with Gasteiger partial charge in [-0.3, -0.25) is 0 Å². The van der Waals surface area contributed by atoms with Crippen LogP contribution in [0.3, 0.4) is 0 Å². The lowest BCUT2D eigenvalue weighted by molar-refractivity contribution is 0.561. The molecule has 0 radical (unpaired) electrons. The Hall–Kier alpha value is -1.72. The van der Waals surface area contributed by atoms with Crippen LogP contribution in [-0.2, 0) is 6.54 Å². The molecule has 2 aromatic rings. The minimum absolute atomic E-state index is 0.357. The van der Waals surface area contributed by atoms with Gasteiger partial charge in [-0.05, 0) is 23.9 Å². The van der Waals surface area contributed by atoms with Gasteiger partial charge in [0, 0.05) is 30.7 Å². The van der Waals surface area contributed by atoms with E-state index in [1.807, 2.05) is 6.20 Å². The highest BCUT2D eigenvalue weighted by atomic mass is 14.9. The summed E-state index contributed by atoms with van der Waals surface area (Å²) < 4.78 is 0. The van der Waals surface area contributed by atoms with Crippen LogP contribution in [-0.4, -0.2) is 11.0 Å². The molecular weight excluding hydrogens is 196 g/mol. The van der Waals surface area contributed by atoms with Crippen molar-refractivity contribution in [2.75, 3.05) is 0 Å². The molecule has 1 aromatic carbocycles. The number of hydrogen-bond donors (Lipinski definition) is 2. The van der Waals surface area contributed by atoms with Crippen molar-refractivity contribution in [1.82, 2.24) is 10.3 Å².